The van der Waals surface area contributed by atoms with Crippen molar-refractivity contribution in [2.24, 2.45) is 7.05 Å². The van der Waals surface area contributed by atoms with E-state index in [2.05, 4.69) is 21.0 Å². The Labute approximate surface area is 83.5 Å². The van der Waals surface area contributed by atoms with Crippen LogP contribution in [0.1, 0.15) is 10.4 Å². The van der Waals surface area contributed by atoms with Crippen molar-refractivity contribution in [3.63, 3.8) is 0 Å². The lowest BCUT2D eigenvalue weighted by molar-refractivity contribution is 0.112. The Morgan fingerprint density at radius 1 is 1.54 bits per heavy atom. The van der Waals surface area contributed by atoms with Crippen LogP contribution < -0.4 is 0 Å². The molecule has 0 aliphatic rings. The minimum Gasteiger partial charge on any atom is -0.298 e. The molecule has 0 radical (unpaired) electrons. The zero-order valence-electron chi connectivity index (χ0n) is 6.99. The molecular formula is C9H7BrN2O. The number of aldehydes is 1. The third kappa shape index (κ3) is 1.27. The monoisotopic (exact) mass is 238 g/mol. The molecule has 0 fully saturated rings. The molecule has 0 aliphatic heterocycles. The number of fused-ring (bicyclic) bond motifs is 1. The highest BCUT2D eigenvalue weighted by molar-refractivity contribution is 9.10. The first-order chi connectivity index (χ1) is 6.22. The highest BCUT2D eigenvalue weighted by atomic mass is 79.9. The number of benzene rings is 1. The molecule has 0 unspecified atom stereocenters. The molecule has 0 saturated carbocycles. The van der Waals surface area contributed by atoms with E-state index in [0.29, 0.717) is 5.56 Å². The number of aromatic nitrogens is 2. The van der Waals surface area contributed by atoms with Crippen molar-refractivity contribution in [3.8, 4) is 0 Å². The number of nitrogens with zero attached hydrogens (tertiary/aromatic N) is 2. The number of halogens is 1. The molecule has 13 heavy (non-hydrogen) atoms. The Bertz CT molecular complexity index is 476. The summed E-state index contributed by atoms with van der Waals surface area (Å²) >= 11 is 3.37. The van der Waals surface area contributed by atoms with Crippen LogP contribution in [0.25, 0.3) is 10.9 Å². The molecule has 1 heterocycles. The van der Waals surface area contributed by atoms with E-state index in [4.69, 9.17) is 0 Å². The van der Waals surface area contributed by atoms with E-state index in [0.717, 1.165) is 21.7 Å². The standard InChI is InChI=1S/C9H7BrN2O/c1-12-4-7-8(11-12)3-2-6(5-13)9(7)10/h2-5H,1H3. The molecule has 3 nitrogen and oxygen atoms in total. The third-order valence-corrected chi connectivity index (χ3v) is 2.78. The van der Waals surface area contributed by atoms with E-state index in [1.165, 1.54) is 0 Å². The molecule has 0 saturated heterocycles. The molecule has 0 amide bonds. The Kier molecular flexibility index (Phi) is 1.92. The number of rotatable bonds is 1. The summed E-state index contributed by atoms with van der Waals surface area (Å²) in [4.78, 5) is 10.6. The average Bonchev–Trinajstić information content (AvgIpc) is 2.47. The summed E-state index contributed by atoms with van der Waals surface area (Å²) in [5.74, 6) is 0. The van der Waals surface area contributed by atoms with Crippen molar-refractivity contribution in [2.45, 2.75) is 0 Å². The second-order valence-electron chi connectivity index (χ2n) is 2.82. The van der Waals surface area contributed by atoms with Crippen LogP contribution in [-0.4, -0.2) is 16.1 Å². The predicted molar refractivity (Wildman–Crippen MR) is 53.8 cm³/mol. The Morgan fingerprint density at radius 3 is 3.00 bits per heavy atom. The lowest BCUT2D eigenvalue weighted by Crippen LogP contribution is -1.84. The van der Waals surface area contributed by atoms with Crippen LogP contribution in [0.15, 0.2) is 22.8 Å². The molecule has 2 aromatic rings. The van der Waals surface area contributed by atoms with Gasteiger partial charge in [0.2, 0.25) is 0 Å². The van der Waals surface area contributed by atoms with E-state index in [9.17, 15) is 4.79 Å². The van der Waals surface area contributed by atoms with Gasteiger partial charge in [-0.2, -0.15) is 5.10 Å². The molecule has 4 heteroatoms. The Balaban J connectivity index is 2.85. The van der Waals surface area contributed by atoms with Crippen molar-refractivity contribution in [1.29, 1.82) is 0 Å². The normalized spacial score (nSPS) is 10.6. The number of hydrogen-bond donors (Lipinski definition) is 0. The number of aryl methyl sites for hydroxylation is 1. The average molecular weight is 239 g/mol. The van der Waals surface area contributed by atoms with Gasteiger partial charge in [-0.25, -0.2) is 0 Å². The van der Waals surface area contributed by atoms with Crippen LogP contribution >= 0.6 is 15.9 Å². The van der Waals surface area contributed by atoms with Gasteiger partial charge < -0.3 is 0 Å². The Morgan fingerprint density at radius 2 is 2.31 bits per heavy atom. The molecule has 0 bridgehead atoms. The second kappa shape index (κ2) is 2.96. The molecule has 1 aromatic carbocycles. The van der Waals surface area contributed by atoms with Crippen LogP contribution in [-0.2, 0) is 7.05 Å². The van der Waals surface area contributed by atoms with E-state index in [1.54, 1.807) is 10.7 Å². The lowest BCUT2D eigenvalue weighted by Gasteiger charge is -1.95. The molecule has 66 valence electrons. The highest BCUT2D eigenvalue weighted by Crippen LogP contribution is 2.25. The van der Waals surface area contributed by atoms with Gasteiger partial charge in [0, 0.05) is 28.7 Å². The number of hydrogen-bond acceptors (Lipinski definition) is 2. The Hall–Kier alpha value is -1.16. The summed E-state index contributed by atoms with van der Waals surface area (Å²) in [6.07, 6.45) is 2.71. The van der Waals surface area contributed by atoms with E-state index >= 15 is 0 Å². The molecule has 0 spiro atoms. The van der Waals surface area contributed by atoms with Crippen LogP contribution in [0.5, 0.6) is 0 Å². The quantitative estimate of drug-likeness (QED) is 0.714. The predicted octanol–water partition coefficient (Wildman–Crippen LogP) is 2.15. The summed E-state index contributed by atoms with van der Waals surface area (Å²) in [7, 11) is 1.85. The minimum atomic E-state index is 0.653. The van der Waals surface area contributed by atoms with Gasteiger partial charge in [-0.1, -0.05) is 0 Å². The first-order valence-corrected chi connectivity index (χ1v) is 4.58. The molecule has 2 rings (SSSR count). The fourth-order valence-electron chi connectivity index (χ4n) is 1.29. The van der Waals surface area contributed by atoms with Gasteiger partial charge in [0.25, 0.3) is 0 Å². The zero-order valence-corrected chi connectivity index (χ0v) is 8.58. The van der Waals surface area contributed by atoms with Gasteiger partial charge in [0.05, 0.1) is 5.52 Å². The summed E-state index contributed by atoms with van der Waals surface area (Å²) in [5.41, 5.74) is 1.54. The number of carbonyl (C=O) groups excluding carboxylic acids is 1. The molecule has 0 aliphatic carbocycles. The van der Waals surface area contributed by atoms with Crippen molar-refractivity contribution in [1.82, 2.24) is 9.78 Å². The highest BCUT2D eigenvalue weighted by Gasteiger charge is 2.06. The minimum absolute atomic E-state index is 0.653. The van der Waals surface area contributed by atoms with Gasteiger partial charge >= 0.3 is 0 Å². The van der Waals surface area contributed by atoms with Gasteiger partial charge in [-0.3, -0.25) is 9.48 Å². The fourth-order valence-corrected chi connectivity index (χ4v) is 1.82. The second-order valence-corrected chi connectivity index (χ2v) is 3.62. The summed E-state index contributed by atoms with van der Waals surface area (Å²) in [6.45, 7) is 0. The summed E-state index contributed by atoms with van der Waals surface area (Å²) < 4.78 is 2.54. The van der Waals surface area contributed by atoms with Gasteiger partial charge in [-0.15, -0.1) is 0 Å². The topological polar surface area (TPSA) is 34.9 Å². The maximum atomic E-state index is 10.6. The third-order valence-electron chi connectivity index (χ3n) is 1.90. The summed E-state index contributed by atoms with van der Waals surface area (Å²) in [5, 5.41) is 5.19. The largest absolute Gasteiger partial charge is 0.298 e. The van der Waals surface area contributed by atoms with Crippen molar-refractivity contribution < 1.29 is 4.79 Å². The van der Waals surface area contributed by atoms with E-state index < -0.39 is 0 Å². The molecule has 0 atom stereocenters. The van der Waals surface area contributed by atoms with Crippen molar-refractivity contribution >= 4 is 33.1 Å². The van der Waals surface area contributed by atoms with Gasteiger partial charge in [0.1, 0.15) is 0 Å². The maximum absolute atomic E-state index is 10.6. The van der Waals surface area contributed by atoms with E-state index in [1.807, 2.05) is 19.3 Å². The SMILES string of the molecule is Cn1cc2c(Br)c(C=O)ccc2n1. The maximum Gasteiger partial charge on any atom is 0.151 e. The molecule has 1 aromatic heterocycles. The molecular weight excluding hydrogens is 232 g/mol. The van der Waals surface area contributed by atoms with Gasteiger partial charge in [0.15, 0.2) is 6.29 Å². The smallest absolute Gasteiger partial charge is 0.151 e. The number of carbonyl (C=O) groups is 1. The van der Waals surface area contributed by atoms with Crippen molar-refractivity contribution in [2.75, 3.05) is 0 Å². The van der Waals surface area contributed by atoms with Crippen LogP contribution in [0.3, 0.4) is 0 Å². The van der Waals surface area contributed by atoms with Crippen LogP contribution in [0, 0.1) is 0 Å². The van der Waals surface area contributed by atoms with Crippen molar-refractivity contribution in [3.05, 3.63) is 28.4 Å². The fraction of sp³-hybridized carbons (Fsp3) is 0.111. The van der Waals surface area contributed by atoms with Crippen LogP contribution in [0.4, 0.5) is 0 Å². The van der Waals surface area contributed by atoms with Crippen LogP contribution in [0.2, 0.25) is 0 Å². The first kappa shape index (κ1) is 8.44. The first-order valence-electron chi connectivity index (χ1n) is 3.79. The zero-order chi connectivity index (χ0) is 9.42. The summed E-state index contributed by atoms with van der Waals surface area (Å²) in [6, 6.07) is 3.59. The van der Waals surface area contributed by atoms with Gasteiger partial charge in [-0.05, 0) is 28.1 Å². The lowest BCUT2D eigenvalue weighted by atomic mass is 10.2. The van der Waals surface area contributed by atoms with E-state index in [-0.39, 0.29) is 0 Å². The molecule has 0 N–H and O–H groups in total.